The number of nitrogens with zero attached hydrogens (tertiary/aromatic N) is 2. The Morgan fingerprint density at radius 3 is 3.00 bits per heavy atom. The third-order valence-corrected chi connectivity index (χ3v) is 2.62. The van der Waals surface area contributed by atoms with Gasteiger partial charge in [-0.15, -0.1) is 0 Å². The summed E-state index contributed by atoms with van der Waals surface area (Å²) in [7, 11) is 0. The van der Waals surface area contributed by atoms with Gasteiger partial charge in [0.15, 0.2) is 23.0 Å². The lowest BCUT2D eigenvalue weighted by Gasteiger charge is -2.03. The zero-order valence-electron chi connectivity index (χ0n) is 10.2. The van der Waals surface area contributed by atoms with Crippen molar-refractivity contribution in [1.29, 1.82) is 0 Å². The minimum atomic E-state index is -0.479. The minimum Gasteiger partial charge on any atom is -0.504 e. The summed E-state index contributed by atoms with van der Waals surface area (Å²) in [5, 5.41) is 18.6. The Labute approximate surface area is 113 Å². The van der Waals surface area contributed by atoms with Crippen molar-refractivity contribution in [2.45, 2.75) is 0 Å². The SMILES string of the molecule is O=C(Nc1ncccc1O)c1cc(-c2ccco2)[nH]n1. The minimum absolute atomic E-state index is 0.0834. The molecule has 0 bridgehead atoms. The van der Waals surface area contributed by atoms with Crippen LogP contribution in [0.4, 0.5) is 5.82 Å². The molecule has 0 aliphatic carbocycles. The number of furan rings is 1. The molecule has 1 amide bonds. The van der Waals surface area contributed by atoms with E-state index >= 15 is 0 Å². The lowest BCUT2D eigenvalue weighted by molar-refractivity contribution is 0.102. The maximum absolute atomic E-state index is 12.0. The van der Waals surface area contributed by atoms with Gasteiger partial charge in [-0.05, 0) is 24.3 Å². The second-order valence-electron chi connectivity index (χ2n) is 3.97. The number of carbonyl (C=O) groups is 1. The van der Waals surface area contributed by atoms with Crippen LogP contribution >= 0.6 is 0 Å². The molecular formula is C13H10N4O3. The zero-order chi connectivity index (χ0) is 13.9. The van der Waals surface area contributed by atoms with Crippen LogP contribution in [0, 0.1) is 0 Å². The molecule has 3 N–H and O–H groups in total. The summed E-state index contributed by atoms with van der Waals surface area (Å²) in [5.74, 6) is 0.0768. The quantitative estimate of drug-likeness (QED) is 0.675. The van der Waals surface area contributed by atoms with Crippen LogP contribution in [0.1, 0.15) is 10.5 Å². The first-order valence-corrected chi connectivity index (χ1v) is 5.78. The van der Waals surface area contributed by atoms with Crippen molar-refractivity contribution in [3.05, 3.63) is 48.5 Å². The third-order valence-electron chi connectivity index (χ3n) is 2.62. The Hall–Kier alpha value is -3.09. The molecule has 7 heteroatoms. The molecule has 20 heavy (non-hydrogen) atoms. The summed E-state index contributed by atoms with van der Waals surface area (Å²) < 4.78 is 5.19. The van der Waals surface area contributed by atoms with E-state index in [1.807, 2.05) is 0 Å². The molecule has 0 fully saturated rings. The van der Waals surface area contributed by atoms with Crippen molar-refractivity contribution in [1.82, 2.24) is 15.2 Å². The summed E-state index contributed by atoms with van der Waals surface area (Å²) in [6.07, 6.45) is 3.00. The van der Waals surface area contributed by atoms with E-state index in [-0.39, 0.29) is 17.3 Å². The molecule has 0 saturated heterocycles. The molecule has 0 aliphatic heterocycles. The van der Waals surface area contributed by atoms with E-state index in [1.165, 1.54) is 18.5 Å². The molecule has 0 atom stereocenters. The van der Waals surface area contributed by atoms with Gasteiger partial charge < -0.3 is 14.8 Å². The molecule has 0 aromatic carbocycles. The van der Waals surface area contributed by atoms with Crippen LogP contribution in [0.3, 0.4) is 0 Å². The highest BCUT2D eigenvalue weighted by atomic mass is 16.3. The molecule has 3 rings (SSSR count). The Balaban J connectivity index is 1.80. The molecule has 0 aliphatic rings. The van der Waals surface area contributed by atoms with Crippen molar-refractivity contribution in [2.24, 2.45) is 0 Å². The average molecular weight is 270 g/mol. The number of nitrogens with one attached hydrogen (secondary N) is 2. The van der Waals surface area contributed by atoms with Gasteiger partial charge in [-0.3, -0.25) is 9.89 Å². The van der Waals surface area contributed by atoms with Crippen LogP contribution in [0.15, 0.2) is 47.2 Å². The fraction of sp³-hybridized carbons (Fsp3) is 0. The van der Waals surface area contributed by atoms with Gasteiger partial charge in [0.05, 0.1) is 6.26 Å². The molecule has 100 valence electrons. The highest BCUT2D eigenvalue weighted by Gasteiger charge is 2.14. The Bertz CT molecular complexity index is 734. The number of hydrogen-bond donors (Lipinski definition) is 3. The van der Waals surface area contributed by atoms with Gasteiger partial charge in [-0.1, -0.05) is 0 Å². The van der Waals surface area contributed by atoms with Gasteiger partial charge in [0.25, 0.3) is 5.91 Å². The summed E-state index contributed by atoms with van der Waals surface area (Å²) in [6, 6.07) is 8.03. The number of hydrogen-bond acceptors (Lipinski definition) is 5. The van der Waals surface area contributed by atoms with E-state index in [0.29, 0.717) is 11.5 Å². The van der Waals surface area contributed by atoms with Crippen molar-refractivity contribution < 1.29 is 14.3 Å². The van der Waals surface area contributed by atoms with Crippen LogP contribution in [-0.2, 0) is 0 Å². The number of anilines is 1. The molecule has 0 saturated carbocycles. The predicted molar refractivity (Wildman–Crippen MR) is 70.1 cm³/mol. The Kier molecular flexibility index (Phi) is 2.92. The first-order valence-electron chi connectivity index (χ1n) is 5.78. The number of pyridine rings is 1. The van der Waals surface area contributed by atoms with Crippen molar-refractivity contribution in [3.8, 4) is 17.2 Å². The number of amides is 1. The molecule has 0 unspecified atom stereocenters. The normalized spacial score (nSPS) is 10.4. The van der Waals surface area contributed by atoms with Crippen molar-refractivity contribution >= 4 is 11.7 Å². The molecular weight excluding hydrogens is 260 g/mol. The van der Waals surface area contributed by atoms with E-state index in [0.717, 1.165) is 0 Å². The van der Waals surface area contributed by atoms with E-state index in [2.05, 4.69) is 20.5 Å². The number of aromatic hydroxyl groups is 1. The lowest BCUT2D eigenvalue weighted by Crippen LogP contribution is -2.13. The van der Waals surface area contributed by atoms with Crippen LogP contribution in [-0.4, -0.2) is 26.2 Å². The maximum atomic E-state index is 12.0. The number of H-pyrrole nitrogens is 1. The number of aromatic nitrogens is 3. The second kappa shape index (κ2) is 4.88. The average Bonchev–Trinajstić information content (AvgIpc) is 3.11. The van der Waals surface area contributed by atoms with Crippen LogP contribution in [0.25, 0.3) is 11.5 Å². The molecule has 3 heterocycles. The first-order chi connectivity index (χ1) is 9.74. The maximum Gasteiger partial charge on any atom is 0.277 e. The van der Waals surface area contributed by atoms with Crippen LogP contribution in [0.5, 0.6) is 5.75 Å². The summed E-state index contributed by atoms with van der Waals surface area (Å²) in [4.78, 5) is 15.8. The fourth-order valence-corrected chi connectivity index (χ4v) is 1.66. The smallest absolute Gasteiger partial charge is 0.277 e. The van der Waals surface area contributed by atoms with Crippen molar-refractivity contribution in [3.63, 3.8) is 0 Å². The van der Waals surface area contributed by atoms with Gasteiger partial charge in [-0.25, -0.2) is 4.98 Å². The standard InChI is InChI=1S/C13H10N4O3/c18-10-3-1-5-14-12(10)15-13(19)9-7-8(16-17-9)11-4-2-6-20-11/h1-7,18H,(H,16,17)(H,14,15,19). The van der Waals surface area contributed by atoms with Crippen LogP contribution in [0.2, 0.25) is 0 Å². The van der Waals surface area contributed by atoms with E-state index in [4.69, 9.17) is 4.42 Å². The number of carbonyl (C=O) groups excluding carboxylic acids is 1. The lowest BCUT2D eigenvalue weighted by atomic mass is 10.3. The number of rotatable bonds is 3. The summed E-state index contributed by atoms with van der Waals surface area (Å²) in [5.41, 5.74) is 0.756. The largest absolute Gasteiger partial charge is 0.504 e. The van der Waals surface area contributed by atoms with Crippen LogP contribution < -0.4 is 5.32 Å². The highest BCUT2D eigenvalue weighted by Crippen LogP contribution is 2.21. The first kappa shape index (κ1) is 12.0. The fourth-order valence-electron chi connectivity index (χ4n) is 1.66. The van der Waals surface area contributed by atoms with Gasteiger partial charge in [-0.2, -0.15) is 5.10 Å². The Morgan fingerprint density at radius 2 is 2.25 bits per heavy atom. The molecule has 0 radical (unpaired) electrons. The van der Waals surface area contributed by atoms with Gasteiger partial charge in [0, 0.05) is 12.3 Å². The Morgan fingerprint density at radius 1 is 1.35 bits per heavy atom. The topological polar surface area (TPSA) is 104 Å². The summed E-state index contributed by atoms with van der Waals surface area (Å²) in [6.45, 7) is 0. The molecule has 3 aromatic rings. The predicted octanol–water partition coefficient (Wildman–Crippen LogP) is 2.02. The van der Waals surface area contributed by atoms with E-state index in [1.54, 1.807) is 24.3 Å². The molecule has 0 spiro atoms. The zero-order valence-corrected chi connectivity index (χ0v) is 10.2. The van der Waals surface area contributed by atoms with Gasteiger partial charge >= 0.3 is 0 Å². The summed E-state index contributed by atoms with van der Waals surface area (Å²) >= 11 is 0. The molecule has 7 nitrogen and oxygen atoms in total. The van der Waals surface area contributed by atoms with E-state index < -0.39 is 5.91 Å². The van der Waals surface area contributed by atoms with Crippen molar-refractivity contribution in [2.75, 3.05) is 5.32 Å². The van der Waals surface area contributed by atoms with Gasteiger partial charge in [0.1, 0.15) is 5.69 Å². The third kappa shape index (κ3) is 2.24. The number of aromatic amines is 1. The van der Waals surface area contributed by atoms with Gasteiger partial charge in [0.2, 0.25) is 0 Å². The monoisotopic (exact) mass is 270 g/mol. The molecule has 3 aromatic heterocycles. The highest BCUT2D eigenvalue weighted by molar-refractivity contribution is 6.03. The second-order valence-corrected chi connectivity index (χ2v) is 3.97. The van der Waals surface area contributed by atoms with E-state index in [9.17, 15) is 9.90 Å².